The fraction of sp³-hybridized carbons (Fsp3) is 0.522. The molecule has 2 amide bonds. The molecule has 0 bridgehead atoms. The van der Waals surface area contributed by atoms with Crippen LogP contribution in [0.5, 0.6) is 11.6 Å². The quantitative estimate of drug-likeness (QED) is 0.333. The van der Waals surface area contributed by atoms with Crippen molar-refractivity contribution in [2.75, 3.05) is 45.7 Å². The molecule has 0 unspecified atom stereocenters. The molecule has 2 heterocycles. The van der Waals surface area contributed by atoms with Crippen molar-refractivity contribution in [2.24, 2.45) is 0 Å². The maximum Gasteiger partial charge on any atom is 0.346 e. The number of unbranched alkanes of at least 4 members (excludes halogenated alkanes) is 1. The number of likely N-dealkylation sites (tertiary alicyclic amines) is 1. The van der Waals surface area contributed by atoms with E-state index in [1.165, 1.54) is 7.11 Å². The summed E-state index contributed by atoms with van der Waals surface area (Å²) in [6.45, 7) is 2.16. The Balaban J connectivity index is 1.53. The van der Waals surface area contributed by atoms with Crippen LogP contribution in [0.4, 0.5) is 23.0 Å². The number of esters is 1. The zero-order valence-corrected chi connectivity index (χ0v) is 20.9. The number of anilines is 1. The second-order valence-corrected chi connectivity index (χ2v) is 8.89. The highest BCUT2D eigenvalue weighted by atomic mass is 32.1. The maximum atomic E-state index is 14.4. The number of carbonyl (C=O) groups excluding carboxylic acids is 2. The number of rotatable bonds is 11. The van der Waals surface area contributed by atoms with Crippen LogP contribution in [0.3, 0.4) is 0 Å². The monoisotopic (exact) mass is 530 g/mol. The van der Waals surface area contributed by atoms with Gasteiger partial charge in [-0.3, -0.25) is 5.32 Å². The normalized spacial score (nSPS) is 14.4. The Bertz CT molecular complexity index is 1050. The third-order valence-corrected chi connectivity index (χ3v) is 6.45. The van der Waals surface area contributed by atoms with E-state index in [2.05, 4.69) is 19.9 Å². The zero-order chi connectivity index (χ0) is 26.1. The molecule has 1 aliphatic heterocycles. The number of ether oxygens (including phenoxy) is 3. The van der Waals surface area contributed by atoms with Crippen LogP contribution >= 0.6 is 11.5 Å². The Morgan fingerprint density at radius 2 is 1.94 bits per heavy atom. The number of carbonyl (C=O) groups is 2. The number of hydrogen-bond donors (Lipinski definition) is 2. The Labute approximate surface area is 211 Å². The highest BCUT2D eigenvalue weighted by Gasteiger charge is 2.26. The molecule has 198 valence electrons. The Morgan fingerprint density at radius 3 is 2.64 bits per heavy atom. The number of halogens is 3. The second-order valence-electron chi connectivity index (χ2n) is 8.12. The summed E-state index contributed by atoms with van der Waals surface area (Å²) in [4.78, 5) is 26.8. The van der Waals surface area contributed by atoms with Gasteiger partial charge in [-0.05, 0) is 55.9 Å². The molecule has 1 fully saturated rings. The van der Waals surface area contributed by atoms with E-state index < -0.39 is 42.0 Å². The topological polar surface area (TPSA) is 102 Å². The third kappa shape index (κ3) is 7.23. The zero-order valence-electron chi connectivity index (χ0n) is 20.1. The minimum absolute atomic E-state index is 0.0648. The van der Waals surface area contributed by atoms with Gasteiger partial charge in [0.1, 0.15) is 23.6 Å². The van der Waals surface area contributed by atoms with E-state index in [1.54, 1.807) is 0 Å². The lowest BCUT2D eigenvalue weighted by atomic mass is 10.1. The summed E-state index contributed by atoms with van der Waals surface area (Å²) in [5.41, 5.74) is -0.572. The minimum atomic E-state index is -0.933. The third-order valence-electron chi connectivity index (χ3n) is 5.70. The van der Waals surface area contributed by atoms with Gasteiger partial charge in [0, 0.05) is 19.6 Å². The lowest BCUT2D eigenvalue weighted by molar-refractivity contribution is 0.0596. The first-order chi connectivity index (χ1) is 17.3. The van der Waals surface area contributed by atoms with Crippen molar-refractivity contribution < 1.29 is 37.0 Å². The molecule has 0 atom stereocenters. The molecule has 13 heteroatoms. The number of urea groups is 1. The highest BCUT2D eigenvalue weighted by Crippen LogP contribution is 2.32. The van der Waals surface area contributed by atoms with Crippen molar-refractivity contribution in [3.8, 4) is 11.6 Å². The van der Waals surface area contributed by atoms with Gasteiger partial charge in [-0.1, -0.05) is 0 Å². The Hall–Kier alpha value is -3.06. The number of alkyl halides is 1. The van der Waals surface area contributed by atoms with Gasteiger partial charge in [0.15, 0.2) is 17.1 Å². The lowest BCUT2D eigenvalue weighted by Gasteiger charge is -2.28. The van der Waals surface area contributed by atoms with Gasteiger partial charge in [-0.2, -0.15) is 4.37 Å². The van der Waals surface area contributed by atoms with Crippen molar-refractivity contribution in [3.63, 3.8) is 0 Å². The molecule has 0 radical (unpaired) electrons. The summed E-state index contributed by atoms with van der Waals surface area (Å²) >= 11 is 0.765. The van der Waals surface area contributed by atoms with Gasteiger partial charge < -0.3 is 24.4 Å². The lowest BCUT2D eigenvalue weighted by Crippen LogP contribution is -2.35. The standard InChI is InChI=1S/C23H29F3N4O5S/c1-33-17-6-5-16(25)15(19(17)26)13-35-20-18(22(31)34-2)21(36-29-20)28-23(32)27-9-3-4-10-30-11-7-14(24)8-12-30/h5-6,14H,3-4,7-13H2,1-2H3,(H2,27,28,32). The molecular weight excluding hydrogens is 501 g/mol. The van der Waals surface area contributed by atoms with E-state index in [0.29, 0.717) is 19.4 Å². The van der Waals surface area contributed by atoms with E-state index in [0.717, 1.165) is 63.3 Å². The molecule has 1 aliphatic rings. The van der Waals surface area contributed by atoms with Crippen LogP contribution < -0.4 is 20.1 Å². The average molecular weight is 531 g/mol. The fourth-order valence-corrected chi connectivity index (χ4v) is 4.40. The van der Waals surface area contributed by atoms with Gasteiger partial charge >= 0.3 is 12.0 Å². The molecule has 0 spiro atoms. The summed E-state index contributed by atoms with van der Waals surface area (Å²) in [7, 11) is 2.39. The number of piperidine rings is 1. The first kappa shape index (κ1) is 27.5. The van der Waals surface area contributed by atoms with Crippen LogP contribution in [0, 0.1) is 11.6 Å². The molecular formula is C23H29F3N4O5S. The molecule has 1 saturated heterocycles. The molecule has 1 aromatic carbocycles. The van der Waals surface area contributed by atoms with Gasteiger partial charge in [0.25, 0.3) is 0 Å². The first-order valence-electron chi connectivity index (χ1n) is 11.5. The van der Waals surface area contributed by atoms with Crippen LogP contribution in [-0.4, -0.2) is 67.8 Å². The molecule has 2 aromatic rings. The van der Waals surface area contributed by atoms with Crippen LogP contribution in [-0.2, 0) is 11.3 Å². The van der Waals surface area contributed by atoms with E-state index in [-0.39, 0.29) is 22.2 Å². The summed E-state index contributed by atoms with van der Waals surface area (Å²) in [5, 5.41) is 5.30. The van der Waals surface area contributed by atoms with E-state index in [1.807, 2.05) is 0 Å². The number of hydrogen-bond acceptors (Lipinski definition) is 8. The van der Waals surface area contributed by atoms with Crippen molar-refractivity contribution >= 4 is 28.5 Å². The highest BCUT2D eigenvalue weighted by molar-refractivity contribution is 7.11. The number of methoxy groups -OCH3 is 2. The van der Waals surface area contributed by atoms with Gasteiger partial charge in [-0.25, -0.2) is 22.8 Å². The van der Waals surface area contributed by atoms with Gasteiger partial charge in [-0.15, -0.1) is 0 Å². The van der Waals surface area contributed by atoms with E-state index in [4.69, 9.17) is 14.2 Å². The number of amides is 2. The molecule has 0 saturated carbocycles. The van der Waals surface area contributed by atoms with E-state index >= 15 is 0 Å². The average Bonchev–Trinajstić information content (AvgIpc) is 3.26. The molecule has 0 aliphatic carbocycles. The molecule has 9 nitrogen and oxygen atoms in total. The molecule has 1 aromatic heterocycles. The fourth-order valence-electron chi connectivity index (χ4n) is 3.68. The van der Waals surface area contributed by atoms with Gasteiger partial charge in [0.05, 0.1) is 19.8 Å². The Kier molecular flexibility index (Phi) is 10.2. The summed E-state index contributed by atoms with van der Waals surface area (Å²) in [6.07, 6.45) is 1.99. The predicted octanol–water partition coefficient (Wildman–Crippen LogP) is 4.13. The molecule has 3 rings (SSSR count). The number of nitrogens with one attached hydrogen (secondary N) is 2. The number of benzene rings is 1. The van der Waals surface area contributed by atoms with Crippen molar-refractivity contribution in [2.45, 2.75) is 38.5 Å². The van der Waals surface area contributed by atoms with Crippen LogP contribution in [0.15, 0.2) is 12.1 Å². The number of nitrogens with zero attached hydrogens (tertiary/aromatic N) is 2. The van der Waals surface area contributed by atoms with Crippen LogP contribution in [0.25, 0.3) is 0 Å². The van der Waals surface area contributed by atoms with Crippen molar-refractivity contribution in [3.05, 3.63) is 34.9 Å². The van der Waals surface area contributed by atoms with Crippen LogP contribution in [0.1, 0.15) is 41.6 Å². The van der Waals surface area contributed by atoms with E-state index in [9.17, 15) is 22.8 Å². The smallest absolute Gasteiger partial charge is 0.346 e. The molecule has 36 heavy (non-hydrogen) atoms. The summed E-state index contributed by atoms with van der Waals surface area (Å²) in [6, 6.07) is 1.62. The number of aromatic nitrogens is 1. The Morgan fingerprint density at radius 1 is 1.19 bits per heavy atom. The van der Waals surface area contributed by atoms with Crippen molar-refractivity contribution in [1.82, 2.24) is 14.6 Å². The maximum absolute atomic E-state index is 14.4. The SMILES string of the molecule is COC(=O)c1c(OCc2c(F)ccc(OC)c2F)nsc1NC(=O)NCCCCN1CCC(F)CC1. The first-order valence-corrected chi connectivity index (χ1v) is 12.2. The van der Waals surface area contributed by atoms with Gasteiger partial charge in [0.2, 0.25) is 5.88 Å². The summed E-state index contributed by atoms with van der Waals surface area (Å²) < 4.78 is 60.7. The second kappa shape index (κ2) is 13.3. The largest absolute Gasteiger partial charge is 0.494 e. The predicted molar refractivity (Wildman–Crippen MR) is 128 cm³/mol. The van der Waals surface area contributed by atoms with Crippen LogP contribution in [0.2, 0.25) is 0 Å². The van der Waals surface area contributed by atoms with Crippen molar-refractivity contribution in [1.29, 1.82) is 0 Å². The minimum Gasteiger partial charge on any atom is -0.494 e. The molecule has 2 N–H and O–H groups in total. The summed E-state index contributed by atoms with van der Waals surface area (Å²) in [5.74, 6) is -3.02.